The molecule has 1 atom stereocenters. The highest BCUT2D eigenvalue weighted by molar-refractivity contribution is 7.90. The minimum absolute atomic E-state index is 0.0983. The topological polar surface area (TPSA) is 92.8 Å². The molecule has 2 rings (SSSR count). The number of sulfonamides is 2. The minimum atomic E-state index is -3.89. The molecule has 24 heavy (non-hydrogen) atoms. The molecule has 1 unspecified atom stereocenters. The molecule has 1 heterocycles. The van der Waals surface area contributed by atoms with Crippen molar-refractivity contribution in [3.63, 3.8) is 0 Å². The number of ether oxygens (including phenoxy) is 1. The maximum atomic E-state index is 13.2. The molecule has 1 aliphatic rings. The first-order valence-electron chi connectivity index (χ1n) is 7.47. The summed E-state index contributed by atoms with van der Waals surface area (Å²) in [6.07, 6.45) is -0.188. The summed E-state index contributed by atoms with van der Waals surface area (Å²) in [6, 6.07) is 3.41. The highest BCUT2D eigenvalue weighted by atomic mass is 32.2. The molecule has 0 amide bonds. The molecule has 0 spiro atoms. The molecule has 7 nitrogen and oxygen atoms in total. The molecule has 1 fully saturated rings. The number of morpholine rings is 1. The highest BCUT2D eigenvalue weighted by Gasteiger charge is 2.27. The van der Waals surface area contributed by atoms with Crippen molar-refractivity contribution in [3.05, 3.63) is 29.6 Å². The smallest absolute Gasteiger partial charge is 0.240 e. The lowest BCUT2D eigenvalue weighted by molar-refractivity contribution is 0.0102. The number of aryl methyl sites for hydroxylation is 1. The fourth-order valence-electron chi connectivity index (χ4n) is 2.34. The Labute approximate surface area is 141 Å². The Bertz CT molecular complexity index is 795. The maximum absolute atomic E-state index is 13.2. The van der Waals surface area contributed by atoms with Crippen molar-refractivity contribution in [1.29, 1.82) is 0 Å². The quantitative estimate of drug-likeness (QED) is 0.774. The van der Waals surface area contributed by atoms with Crippen molar-refractivity contribution in [3.8, 4) is 0 Å². The van der Waals surface area contributed by atoms with Crippen LogP contribution in [0.15, 0.2) is 23.1 Å². The Morgan fingerprint density at radius 3 is 2.67 bits per heavy atom. The number of halogens is 1. The van der Waals surface area contributed by atoms with E-state index < -0.39 is 25.9 Å². The van der Waals surface area contributed by atoms with E-state index >= 15 is 0 Å². The molecule has 1 aromatic rings. The summed E-state index contributed by atoms with van der Waals surface area (Å²) in [5, 5.41) is 0. The fraction of sp³-hybridized carbons (Fsp3) is 0.571. The van der Waals surface area contributed by atoms with Crippen molar-refractivity contribution in [2.24, 2.45) is 0 Å². The summed E-state index contributed by atoms with van der Waals surface area (Å²) < 4.78 is 70.8. The molecular weight excluding hydrogens is 359 g/mol. The first-order valence-corrected chi connectivity index (χ1v) is 10.6. The van der Waals surface area contributed by atoms with Crippen LogP contribution in [0.3, 0.4) is 0 Å². The Hall–Kier alpha value is -1.07. The van der Waals surface area contributed by atoms with Gasteiger partial charge in [-0.3, -0.25) is 0 Å². The van der Waals surface area contributed by atoms with Crippen molar-refractivity contribution in [2.45, 2.75) is 24.8 Å². The van der Waals surface area contributed by atoms with Crippen LogP contribution in [0.5, 0.6) is 0 Å². The molecule has 1 aliphatic heterocycles. The number of nitrogens with zero attached hydrogens (tertiary/aromatic N) is 1. The molecule has 136 valence electrons. The van der Waals surface area contributed by atoms with Gasteiger partial charge in [0.2, 0.25) is 20.0 Å². The SMILES string of the molecule is Cc1cc(S(=O)(=O)NCCS(=O)(=O)N2CCOC(C)C2)ccc1F. The molecule has 1 aromatic carbocycles. The molecule has 0 saturated carbocycles. The van der Waals surface area contributed by atoms with Gasteiger partial charge >= 0.3 is 0 Å². The largest absolute Gasteiger partial charge is 0.376 e. The van der Waals surface area contributed by atoms with Crippen LogP contribution in [-0.4, -0.2) is 59.2 Å². The average Bonchev–Trinajstić information content (AvgIpc) is 2.49. The maximum Gasteiger partial charge on any atom is 0.240 e. The van der Waals surface area contributed by atoms with Crippen LogP contribution in [0, 0.1) is 12.7 Å². The van der Waals surface area contributed by atoms with E-state index in [1.54, 1.807) is 6.92 Å². The molecule has 1 saturated heterocycles. The van der Waals surface area contributed by atoms with Gasteiger partial charge in [-0.15, -0.1) is 0 Å². The summed E-state index contributed by atoms with van der Waals surface area (Å²) in [6.45, 7) is 3.82. The van der Waals surface area contributed by atoms with E-state index in [-0.39, 0.29) is 42.0 Å². The number of hydrogen-bond acceptors (Lipinski definition) is 5. The minimum Gasteiger partial charge on any atom is -0.376 e. The highest BCUT2D eigenvalue weighted by Crippen LogP contribution is 2.14. The van der Waals surface area contributed by atoms with Crippen molar-refractivity contribution in [2.75, 3.05) is 32.0 Å². The van der Waals surface area contributed by atoms with Crippen LogP contribution in [0.1, 0.15) is 12.5 Å². The third-order valence-corrected chi connectivity index (χ3v) is 6.99. The number of rotatable bonds is 6. The second kappa shape index (κ2) is 7.44. The Balaban J connectivity index is 1.98. The van der Waals surface area contributed by atoms with Crippen LogP contribution >= 0.6 is 0 Å². The second-order valence-corrected chi connectivity index (χ2v) is 9.52. The van der Waals surface area contributed by atoms with Crippen molar-refractivity contribution >= 4 is 20.0 Å². The van der Waals surface area contributed by atoms with Crippen LogP contribution in [0.25, 0.3) is 0 Å². The summed E-state index contributed by atoms with van der Waals surface area (Å²) in [7, 11) is -7.46. The third kappa shape index (κ3) is 4.73. The first kappa shape index (κ1) is 19.3. The second-order valence-electron chi connectivity index (χ2n) is 5.66. The van der Waals surface area contributed by atoms with Gasteiger partial charge < -0.3 is 4.74 Å². The Morgan fingerprint density at radius 1 is 1.33 bits per heavy atom. The van der Waals surface area contributed by atoms with Gasteiger partial charge in [0, 0.05) is 19.6 Å². The lowest BCUT2D eigenvalue weighted by atomic mass is 10.2. The van der Waals surface area contributed by atoms with E-state index in [1.807, 2.05) is 0 Å². The zero-order valence-electron chi connectivity index (χ0n) is 13.5. The standard InChI is InChI=1S/C14H21FN2O5S2/c1-11-9-13(3-4-14(11)15)24(20,21)16-5-8-23(18,19)17-6-7-22-12(2)10-17/h3-4,9,12,16H,5-8,10H2,1-2H3. The fourth-order valence-corrected chi connectivity index (χ4v) is 4.99. The van der Waals surface area contributed by atoms with Crippen molar-refractivity contribution < 1.29 is 26.0 Å². The van der Waals surface area contributed by atoms with Gasteiger partial charge in [0.25, 0.3) is 0 Å². The summed E-state index contributed by atoms with van der Waals surface area (Å²) in [5.41, 5.74) is 0.202. The van der Waals surface area contributed by atoms with Gasteiger partial charge in [0.05, 0.1) is 23.4 Å². The van der Waals surface area contributed by atoms with E-state index in [1.165, 1.54) is 17.3 Å². The van der Waals surface area contributed by atoms with E-state index in [9.17, 15) is 21.2 Å². The summed E-state index contributed by atoms with van der Waals surface area (Å²) in [4.78, 5) is -0.0983. The predicted molar refractivity (Wildman–Crippen MR) is 87.1 cm³/mol. The van der Waals surface area contributed by atoms with Gasteiger partial charge in [-0.05, 0) is 37.6 Å². The number of nitrogens with one attached hydrogen (secondary N) is 1. The third-order valence-electron chi connectivity index (χ3n) is 3.69. The van der Waals surface area contributed by atoms with E-state index in [2.05, 4.69) is 4.72 Å². The van der Waals surface area contributed by atoms with E-state index in [0.29, 0.717) is 6.61 Å². The van der Waals surface area contributed by atoms with Crippen LogP contribution in [0.4, 0.5) is 4.39 Å². The number of hydrogen-bond donors (Lipinski definition) is 1. The predicted octanol–water partition coefficient (Wildman–Crippen LogP) is 0.463. The summed E-state index contributed by atoms with van der Waals surface area (Å²) in [5.74, 6) is -0.850. The van der Waals surface area contributed by atoms with Gasteiger partial charge in [-0.1, -0.05) is 0 Å². The van der Waals surface area contributed by atoms with Crippen molar-refractivity contribution in [1.82, 2.24) is 9.03 Å². The zero-order valence-corrected chi connectivity index (χ0v) is 15.2. The lowest BCUT2D eigenvalue weighted by Gasteiger charge is -2.30. The Morgan fingerprint density at radius 2 is 2.04 bits per heavy atom. The Kier molecular flexibility index (Phi) is 5.97. The zero-order chi connectivity index (χ0) is 18.0. The average molecular weight is 380 g/mol. The molecule has 10 heteroatoms. The van der Waals surface area contributed by atoms with Gasteiger partial charge in [0.15, 0.2) is 0 Å². The van der Waals surface area contributed by atoms with E-state index in [4.69, 9.17) is 4.74 Å². The van der Waals surface area contributed by atoms with E-state index in [0.717, 1.165) is 12.1 Å². The molecule has 0 bridgehead atoms. The lowest BCUT2D eigenvalue weighted by Crippen LogP contribution is -2.46. The molecule has 0 aliphatic carbocycles. The monoisotopic (exact) mass is 380 g/mol. The molecule has 0 aromatic heterocycles. The normalized spacial score (nSPS) is 20.2. The van der Waals surface area contributed by atoms with Gasteiger partial charge in [-0.25, -0.2) is 25.9 Å². The molecule has 0 radical (unpaired) electrons. The van der Waals surface area contributed by atoms with Gasteiger partial charge in [-0.2, -0.15) is 4.31 Å². The molecule has 1 N–H and O–H groups in total. The first-order chi connectivity index (χ1) is 11.1. The van der Waals surface area contributed by atoms with Crippen LogP contribution in [-0.2, 0) is 24.8 Å². The van der Waals surface area contributed by atoms with Crippen LogP contribution < -0.4 is 4.72 Å². The summed E-state index contributed by atoms with van der Waals surface area (Å²) >= 11 is 0. The van der Waals surface area contributed by atoms with Gasteiger partial charge in [0.1, 0.15) is 5.82 Å². The number of benzene rings is 1. The van der Waals surface area contributed by atoms with Crippen LogP contribution in [0.2, 0.25) is 0 Å². The molecular formula is C14H21FN2O5S2.